The van der Waals surface area contributed by atoms with Crippen LogP contribution >= 0.6 is 0 Å². The van der Waals surface area contributed by atoms with Gasteiger partial charge in [0.1, 0.15) is 17.0 Å². The van der Waals surface area contributed by atoms with E-state index in [1.54, 1.807) is 6.07 Å². The molecule has 3 aliphatic rings. The lowest BCUT2D eigenvalue weighted by atomic mass is 9.87. The first-order chi connectivity index (χ1) is 12.0. The molecule has 2 aliphatic carbocycles. The summed E-state index contributed by atoms with van der Waals surface area (Å²) in [5, 5.41) is 19.4. The van der Waals surface area contributed by atoms with Crippen LogP contribution in [0.15, 0.2) is 18.2 Å². The third-order valence-electron chi connectivity index (χ3n) is 6.59. The molecule has 1 saturated heterocycles. The normalized spacial score (nSPS) is 30.2. The number of phenols is 1. The lowest BCUT2D eigenvalue weighted by Crippen LogP contribution is -2.44. The van der Waals surface area contributed by atoms with Crippen molar-refractivity contribution < 1.29 is 14.3 Å². The number of nitrogens with zero attached hydrogens (tertiary/aromatic N) is 2. The Bertz CT molecular complexity index is 730. The van der Waals surface area contributed by atoms with Gasteiger partial charge in [0.25, 0.3) is 0 Å². The predicted molar refractivity (Wildman–Crippen MR) is 90.2 cm³/mol. The van der Waals surface area contributed by atoms with Crippen molar-refractivity contribution in [2.45, 2.75) is 50.9 Å². The Morgan fingerprint density at radius 1 is 1.28 bits per heavy atom. The number of carbonyl (C=O) groups excluding carboxylic acids is 1. The van der Waals surface area contributed by atoms with Crippen molar-refractivity contribution in [2.24, 2.45) is 10.8 Å². The number of piperidine rings is 1. The first-order valence-corrected chi connectivity index (χ1v) is 9.20. The van der Waals surface area contributed by atoms with Crippen LogP contribution in [0.25, 0.3) is 0 Å². The molecule has 1 aliphatic heterocycles. The maximum absolute atomic E-state index is 13.6. The number of carbonyl (C=O) groups is 1. The van der Waals surface area contributed by atoms with Crippen LogP contribution < -0.4 is 0 Å². The first kappa shape index (κ1) is 16.4. The summed E-state index contributed by atoms with van der Waals surface area (Å²) >= 11 is 0. The second-order valence-electron chi connectivity index (χ2n) is 8.01. The van der Waals surface area contributed by atoms with Crippen molar-refractivity contribution in [3.8, 4) is 11.8 Å². The van der Waals surface area contributed by atoms with E-state index in [-0.39, 0.29) is 23.0 Å². The van der Waals surface area contributed by atoms with Crippen LogP contribution in [0.5, 0.6) is 5.75 Å². The number of aromatic hydroxyl groups is 1. The van der Waals surface area contributed by atoms with E-state index >= 15 is 0 Å². The van der Waals surface area contributed by atoms with Gasteiger partial charge in [-0.15, -0.1) is 0 Å². The van der Waals surface area contributed by atoms with Gasteiger partial charge in [-0.2, -0.15) is 5.26 Å². The standard InChI is InChI=1S/C20H23FN2O2/c21-16-8-15(9-17(24)10-16)14-4-3-7-23(11-14)18(25)20(13-22)12-19(20)5-1-2-6-19/h8-10,14,24H,1-7,11-12H2. The zero-order valence-corrected chi connectivity index (χ0v) is 14.3. The van der Waals surface area contributed by atoms with Crippen LogP contribution in [0.2, 0.25) is 0 Å². The lowest BCUT2D eigenvalue weighted by Gasteiger charge is -2.35. The van der Waals surface area contributed by atoms with Crippen LogP contribution in [0.1, 0.15) is 56.4 Å². The minimum absolute atomic E-state index is 0.00770. The summed E-state index contributed by atoms with van der Waals surface area (Å²) < 4.78 is 13.6. The van der Waals surface area contributed by atoms with E-state index in [2.05, 4.69) is 6.07 Å². The number of hydrogen-bond donors (Lipinski definition) is 1. The maximum Gasteiger partial charge on any atom is 0.243 e. The molecule has 5 heteroatoms. The highest BCUT2D eigenvalue weighted by Crippen LogP contribution is 2.72. The molecule has 2 atom stereocenters. The number of rotatable bonds is 2. The second kappa shape index (κ2) is 5.72. The number of halogens is 1. The molecule has 1 spiro atoms. The molecule has 1 amide bonds. The smallest absolute Gasteiger partial charge is 0.243 e. The quantitative estimate of drug-likeness (QED) is 0.891. The van der Waals surface area contributed by atoms with Gasteiger partial charge in [-0.05, 0) is 49.8 Å². The fourth-order valence-electron chi connectivity index (χ4n) is 5.16. The van der Waals surface area contributed by atoms with Gasteiger partial charge >= 0.3 is 0 Å². The van der Waals surface area contributed by atoms with Crippen LogP contribution in [0, 0.1) is 28.0 Å². The van der Waals surface area contributed by atoms with E-state index in [0.29, 0.717) is 19.5 Å². The number of phenolic OH excluding ortho intramolecular Hbond substituents is 1. The van der Waals surface area contributed by atoms with E-state index in [4.69, 9.17) is 0 Å². The third kappa shape index (κ3) is 2.50. The van der Waals surface area contributed by atoms with Crippen molar-refractivity contribution in [1.82, 2.24) is 4.90 Å². The molecule has 1 aromatic rings. The fourth-order valence-corrected chi connectivity index (χ4v) is 5.16. The molecule has 132 valence electrons. The molecule has 0 aromatic heterocycles. The van der Waals surface area contributed by atoms with Crippen LogP contribution in [-0.4, -0.2) is 29.0 Å². The van der Waals surface area contributed by atoms with E-state index in [0.717, 1.165) is 50.2 Å². The van der Waals surface area contributed by atoms with Gasteiger partial charge in [0.2, 0.25) is 5.91 Å². The van der Waals surface area contributed by atoms with E-state index in [1.165, 1.54) is 6.07 Å². The molecular weight excluding hydrogens is 319 g/mol. The van der Waals surface area contributed by atoms with E-state index in [1.807, 2.05) is 4.90 Å². The fraction of sp³-hybridized carbons (Fsp3) is 0.600. The maximum atomic E-state index is 13.6. The molecule has 1 N–H and O–H groups in total. The molecule has 1 aromatic carbocycles. The van der Waals surface area contributed by atoms with Gasteiger partial charge in [-0.25, -0.2) is 4.39 Å². The first-order valence-electron chi connectivity index (χ1n) is 9.20. The summed E-state index contributed by atoms with van der Waals surface area (Å²) in [5.74, 6) is -0.561. The van der Waals surface area contributed by atoms with Gasteiger partial charge in [0, 0.05) is 30.5 Å². The Balaban J connectivity index is 1.53. The Hall–Kier alpha value is -2.09. The highest BCUT2D eigenvalue weighted by atomic mass is 19.1. The summed E-state index contributed by atoms with van der Waals surface area (Å²) in [5.41, 5.74) is -0.175. The van der Waals surface area contributed by atoms with Gasteiger partial charge in [-0.3, -0.25) is 4.79 Å². The Morgan fingerprint density at radius 3 is 2.72 bits per heavy atom. The molecule has 25 heavy (non-hydrogen) atoms. The third-order valence-corrected chi connectivity index (χ3v) is 6.59. The van der Waals surface area contributed by atoms with Crippen molar-refractivity contribution >= 4 is 5.91 Å². The van der Waals surface area contributed by atoms with Gasteiger partial charge < -0.3 is 10.0 Å². The Kier molecular flexibility index (Phi) is 3.75. The van der Waals surface area contributed by atoms with E-state index in [9.17, 15) is 19.6 Å². The van der Waals surface area contributed by atoms with Crippen molar-refractivity contribution in [1.29, 1.82) is 5.26 Å². The highest BCUT2D eigenvalue weighted by Gasteiger charge is 2.73. The summed E-state index contributed by atoms with van der Waals surface area (Å²) in [6.07, 6.45) is 6.60. The monoisotopic (exact) mass is 342 g/mol. The minimum Gasteiger partial charge on any atom is -0.508 e. The number of likely N-dealkylation sites (tertiary alicyclic amines) is 1. The molecular formula is C20H23FN2O2. The molecule has 1 heterocycles. The SMILES string of the molecule is N#CC1(C(=O)N2CCCC(c3cc(O)cc(F)c3)C2)CC12CCCC2. The largest absolute Gasteiger partial charge is 0.508 e. The van der Waals surface area contributed by atoms with Gasteiger partial charge in [0.15, 0.2) is 0 Å². The molecule has 4 rings (SSSR count). The number of amides is 1. The van der Waals surface area contributed by atoms with Gasteiger partial charge in [-0.1, -0.05) is 12.8 Å². The summed E-state index contributed by atoms with van der Waals surface area (Å²) in [4.78, 5) is 15.0. The topological polar surface area (TPSA) is 64.3 Å². The minimum atomic E-state index is -0.824. The zero-order chi connectivity index (χ0) is 17.7. The second-order valence-corrected chi connectivity index (χ2v) is 8.01. The Labute approximate surface area is 147 Å². The number of nitriles is 1. The predicted octanol–water partition coefficient (Wildman–Crippen LogP) is 3.71. The molecule has 4 nitrogen and oxygen atoms in total. The lowest BCUT2D eigenvalue weighted by molar-refractivity contribution is -0.137. The summed E-state index contributed by atoms with van der Waals surface area (Å²) in [7, 11) is 0. The number of hydrogen-bond acceptors (Lipinski definition) is 3. The van der Waals surface area contributed by atoms with Gasteiger partial charge in [0.05, 0.1) is 6.07 Å². The molecule has 0 radical (unpaired) electrons. The molecule has 3 fully saturated rings. The molecule has 2 unspecified atom stereocenters. The Morgan fingerprint density at radius 2 is 2.04 bits per heavy atom. The van der Waals surface area contributed by atoms with Crippen LogP contribution in [0.3, 0.4) is 0 Å². The summed E-state index contributed by atoms with van der Waals surface area (Å²) in [6.45, 7) is 1.16. The molecule has 2 saturated carbocycles. The van der Waals surface area contributed by atoms with E-state index < -0.39 is 11.2 Å². The van der Waals surface area contributed by atoms with Crippen LogP contribution in [0.4, 0.5) is 4.39 Å². The summed E-state index contributed by atoms with van der Waals surface area (Å²) in [6, 6.07) is 6.47. The highest BCUT2D eigenvalue weighted by molar-refractivity contribution is 5.90. The average molecular weight is 342 g/mol. The van der Waals surface area contributed by atoms with Crippen molar-refractivity contribution in [3.05, 3.63) is 29.6 Å². The van der Waals surface area contributed by atoms with Crippen LogP contribution in [-0.2, 0) is 4.79 Å². The average Bonchev–Trinajstić information content (AvgIpc) is 2.98. The molecule has 0 bridgehead atoms. The number of benzene rings is 1. The van der Waals surface area contributed by atoms with Crippen molar-refractivity contribution in [3.63, 3.8) is 0 Å². The zero-order valence-electron chi connectivity index (χ0n) is 14.3. The van der Waals surface area contributed by atoms with Crippen molar-refractivity contribution in [2.75, 3.05) is 13.1 Å².